The van der Waals surface area contributed by atoms with Crippen LogP contribution in [0.4, 0.5) is 5.82 Å². The van der Waals surface area contributed by atoms with E-state index >= 15 is 0 Å². The van der Waals surface area contributed by atoms with E-state index in [2.05, 4.69) is 22.2 Å². The summed E-state index contributed by atoms with van der Waals surface area (Å²) in [6, 6.07) is 12.2. The van der Waals surface area contributed by atoms with Crippen LogP contribution in [0, 0.1) is 0 Å². The van der Waals surface area contributed by atoms with E-state index in [9.17, 15) is 4.79 Å². The number of hydrogen-bond donors (Lipinski definition) is 1. The van der Waals surface area contributed by atoms with Gasteiger partial charge in [-0.15, -0.1) is 0 Å². The second-order valence-corrected chi connectivity index (χ2v) is 7.90. The molecule has 0 atom stereocenters. The average molecular weight is 380 g/mol. The van der Waals surface area contributed by atoms with Crippen molar-refractivity contribution in [2.75, 3.05) is 38.5 Å². The Bertz CT molecular complexity index is 796. The lowest BCUT2D eigenvalue weighted by Gasteiger charge is -2.32. The Morgan fingerprint density at radius 2 is 1.71 bits per heavy atom. The van der Waals surface area contributed by atoms with Gasteiger partial charge in [0.2, 0.25) is 0 Å². The largest absolute Gasteiger partial charge is 0.367 e. The number of piperazine rings is 1. The first-order valence-electron chi connectivity index (χ1n) is 10.4. The number of carbonyl (C=O) groups is 1. The molecule has 4 rings (SSSR count). The lowest BCUT2D eigenvalue weighted by atomic mass is 9.95. The second kappa shape index (κ2) is 8.69. The molecule has 28 heavy (non-hydrogen) atoms. The third-order valence-electron chi connectivity index (χ3n) is 5.72. The summed E-state index contributed by atoms with van der Waals surface area (Å²) in [5, 5.41) is 3.57. The number of anilines is 1. The smallest absolute Gasteiger partial charge is 0.272 e. The van der Waals surface area contributed by atoms with Gasteiger partial charge >= 0.3 is 0 Å². The molecule has 0 unspecified atom stereocenters. The van der Waals surface area contributed by atoms with E-state index in [-0.39, 0.29) is 5.91 Å². The van der Waals surface area contributed by atoms with E-state index in [1.54, 1.807) is 0 Å². The predicted octanol–water partition coefficient (Wildman–Crippen LogP) is 3.28. The monoisotopic (exact) mass is 379 g/mol. The van der Waals surface area contributed by atoms with Crippen LogP contribution in [0.5, 0.6) is 0 Å². The van der Waals surface area contributed by atoms with Crippen LogP contribution in [0.2, 0.25) is 0 Å². The van der Waals surface area contributed by atoms with Gasteiger partial charge in [0.25, 0.3) is 5.91 Å². The third kappa shape index (κ3) is 4.50. The van der Waals surface area contributed by atoms with Gasteiger partial charge in [0.1, 0.15) is 11.5 Å². The van der Waals surface area contributed by atoms with Crippen molar-refractivity contribution in [1.29, 1.82) is 0 Å². The molecule has 1 aliphatic heterocycles. The van der Waals surface area contributed by atoms with E-state index in [4.69, 9.17) is 4.98 Å². The Morgan fingerprint density at radius 3 is 2.43 bits per heavy atom. The minimum absolute atomic E-state index is 0.000578. The molecule has 1 aliphatic carbocycles. The normalized spacial score (nSPS) is 18.8. The molecule has 2 aromatic rings. The quantitative estimate of drug-likeness (QED) is 0.883. The predicted molar refractivity (Wildman–Crippen MR) is 111 cm³/mol. The number of likely N-dealkylation sites (N-methyl/N-ethyl adjacent to an activating group) is 1. The summed E-state index contributed by atoms with van der Waals surface area (Å²) in [6.45, 7) is 3.28. The average Bonchev–Trinajstić information content (AvgIpc) is 2.75. The minimum Gasteiger partial charge on any atom is -0.367 e. The summed E-state index contributed by atoms with van der Waals surface area (Å²) >= 11 is 0. The minimum atomic E-state index is -0.000578. The number of nitrogens with zero attached hydrogens (tertiary/aromatic N) is 4. The standard InChI is InChI=1S/C22H29N5O/c1-26-12-14-27(15-13-26)22(28)19-16-20(23-18-10-6-3-7-11-18)25-21(24-19)17-8-4-2-5-9-17/h2,4-5,8-9,16,18H,3,6-7,10-15H2,1H3,(H,23,24,25). The molecule has 1 aromatic carbocycles. The van der Waals surface area contributed by atoms with Gasteiger partial charge < -0.3 is 15.1 Å². The van der Waals surface area contributed by atoms with E-state index in [1.807, 2.05) is 41.3 Å². The Morgan fingerprint density at radius 1 is 1.00 bits per heavy atom. The maximum absolute atomic E-state index is 13.1. The lowest BCUT2D eigenvalue weighted by Crippen LogP contribution is -2.47. The van der Waals surface area contributed by atoms with Gasteiger partial charge in [-0.2, -0.15) is 0 Å². The first-order chi connectivity index (χ1) is 13.7. The van der Waals surface area contributed by atoms with E-state index in [1.165, 1.54) is 19.3 Å². The Labute approximate surface area is 167 Å². The molecule has 148 valence electrons. The van der Waals surface area contributed by atoms with Gasteiger partial charge in [-0.25, -0.2) is 9.97 Å². The number of nitrogens with one attached hydrogen (secondary N) is 1. The van der Waals surface area contributed by atoms with Gasteiger partial charge in [-0.05, 0) is 19.9 Å². The van der Waals surface area contributed by atoms with Crippen molar-refractivity contribution in [3.63, 3.8) is 0 Å². The number of carbonyl (C=O) groups excluding carboxylic acids is 1. The number of amides is 1. The number of hydrogen-bond acceptors (Lipinski definition) is 5. The van der Waals surface area contributed by atoms with Crippen LogP contribution in [-0.4, -0.2) is 64.9 Å². The van der Waals surface area contributed by atoms with Gasteiger partial charge in [0.05, 0.1) is 0 Å². The zero-order chi connectivity index (χ0) is 19.3. The molecule has 6 nitrogen and oxygen atoms in total. The fourth-order valence-electron chi connectivity index (χ4n) is 3.97. The van der Waals surface area contributed by atoms with Crippen molar-refractivity contribution in [3.8, 4) is 11.4 Å². The van der Waals surface area contributed by atoms with E-state index in [0.717, 1.165) is 50.4 Å². The summed E-state index contributed by atoms with van der Waals surface area (Å²) in [5.74, 6) is 1.37. The van der Waals surface area contributed by atoms with E-state index in [0.29, 0.717) is 17.6 Å². The zero-order valence-corrected chi connectivity index (χ0v) is 16.6. The van der Waals surface area contributed by atoms with Gasteiger partial charge in [0.15, 0.2) is 5.82 Å². The maximum atomic E-state index is 13.1. The van der Waals surface area contributed by atoms with Gasteiger partial charge in [-0.3, -0.25) is 4.79 Å². The van der Waals surface area contributed by atoms with Crippen molar-refractivity contribution in [2.24, 2.45) is 0 Å². The molecule has 0 bridgehead atoms. The molecule has 1 N–H and O–H groups in total. The molecule has 0 radical (unpaired) electrons. The summed E-state index contributed by atoms with van der Waals surface area (Å²) < 4.78 is 0. The lowest BCUT2D eigenvalue weighted by molar-refractivity contribution is 0.0658. The maximum Gasteiger partial charge on any atom is 0.272 e. The fraction of sp³-hybridized carbons (Fsp3) is 0.500. The van der Waals surface area contributed by atoms with Crippen molar-refractivity contribution >= 4 is 11.7 Å². The van der Waals surface area contributed by atoms with Crippen LogP contribution in [0.1, 0.15) is 42.6 Å². The third-order valence-corrected chi connectivity index (χ3v) is 5.72. The summed E-state index contributed by atoms with van der Waals surface area (Å²) in [6.07, 6.45) is 6.13. The highest BCUT2D eigenvalue weighted by Gasteiger charge is 2.23. The molecule has 2 heterocycles. The van der Waals surface area contributed by atoms with Crippen molar-refractivity contribution in [2.45, 2.75) is 38.1 Å². The Kier molecular flexibility index (Phi) is 5.86. The van der Waals surface area contributed by atoms with Crippen LogP contribution in [0.3, 0.4) is 0 Å². The molecule has 2 fully saturated rings. The molecule has 1 saturated heterocycles. The summed E-state index contributed by atoms with van der Waals surface area (Å²) in [7, 11) is 2.09. The first kappa shape index (κ1) is 18.9. The molecule has 2 aliphatic rings. The van der Waals surface area contributed by atoms with Crippen LogP contribution >= 0.6 is 0 Å². The Hall–Kier alpha value is -2.47. The molecular weight excluding hydrogens is 350 g/mol. The highest BCUT2D eigenvalue weighted by molar-refractivity contribution is 5.93. The molecular formula is C22H29N5O. The van der Waals surface area contributed by atoms with Gasteiger partial charge in [-0.1, -0.05) is 49.6 Å². The summed E-state index contributed by atoms with van der Waals surface area (Å²) in [5.41, 5.74) is 1.42. The number of rotatable bonds is 4. The molecule has 1 aromatic heterocycles. The SMILES string of the molecule is CN1CCN(C(=O)c2cc(NC3CCCCC3)nc(-c3ccccc3)n2)CC1. The topological polar surface area (TPSA) is 61.4 Å². The van der Waals surface area contributed by atoms with Crippen LogP contribution < -0.4 is 5.32 Å². The van der Waals surface area contributed by atoms with Crippen LogP contribution in [-0.2, 0) is 0 Å². The highest BCUT2D eigenvalue weighted by atomic mass is 16.2. The summed E-state index contributed by atoms with van der Waals surface area (Å²) in [4.78, 5) is 26.6. The van der Waals surface area contributed by atoms with Crippen molar-refractivity contribution in [3.05, 3.63) is 42.1 Å². The fourth-order valence-corrected chi connectivity index (χ4v) is 3.97. The first-order valence-corrected chi connectivity index (χ1v) is 10.4. The zero-order valence-electron chi connectivity index (χ0n) is 16.6. The molecule has 0 spiro atoms. The Balaban J connectivity index is 1.62. The van der Waals surface area contributed by atoms with Crippen LogP contribution in [0.25, 0.3) is 11.4 Å². The van der Waals surface area contributed by atoms with E-state index < -0.39 is 0 Å². The van der Waals surface area contributed by atoms with Crippen LogP contribution in [0.15, 0.2) is 36.4 Å². The van der Waals surface area contributed by atoms with Crippen molar-refractivity contribution < 1.29 is 4.79 Å². The molecule has 1 amide bonds. The molecule has 6 heteroatoms. The number of benzene rings is 1. The van der Waals surface area contributed by atoms with Gasteiger partial charge in [0, 0.05) is 43.9 Å². The second-order valence-electron chi connectivity index (χ2n) is 7.90. The molecule has 1 saturated carbocycles. The highest BCUT2D eigenvalue weighted by Crippen LogP contribution is 2.24. The van der Waals surface area contributed by atoms with Crippen molar-refractivity contribution in [1.82, 2.24) is 19.8 Å². The number of aromatic nitrogens is 2.